The number of anilines is 1. The van der Waals surface area contributed by atoms with Gasteiger partial charge in [0.05, 0.1) is 12.0 Å². The zero-order valence-electron chi connectivity index (χ0n) is 21.6. The third-order valence-electron chi connectivity index (χ3n) is 7.32. The number of fused-ring (bicyclic) bond motifs is 2. The summed E-state index contributed by atoms with van der Waals surface area (Å²) in [5.41, 5.74) is 6.83. The Morgan fingerprint density at radius 2 is 1.82 bits per heavy atom. The van der Waals surface area contributed by atoms with Crippen molar-refractivity contribution < 1.29 is 17.9 Å². The number of nitrogen functional groups attached to an aromatic ring is 1. The summed E-state index contributed by atoms with van der Waals surface area (Å²) in [6.07, 6.45) is 3.65. The number of amides is 1. The number of hydrogen-bond donors (Lipinski definition) is 2. The molecule has 4 aromatic rings. The van der Waals surface area contributed by atoms with E-state index in [-0.39, 0.29) is 17.2 Å². The Labute approximate surface area is 222 Å². The van der Waals surface area contributed by atoms with Crippen LogP contribution < -0.4 is 15.2 Å². The van der Waals surface area contributed by atoms with Crippen molar-refractivity contribution in [2.45, 2.75) is 37.1 Å². The maximum absolute atomic E-state index is 13.7. The number of methoxy groups -OCH3 is 1. The second-order valence-electron chi connectivity index (χ2n) is 10.0. The minimum absolute atomic E-state index is 0.0979. The summed E-state index contributed by atoms with van der Waals surface area (Å²) < 4.78 is 35.2. The van der Waals surface area contributed by atoms with Gasteiger partial charge in [-0.2, -0.15) is 4.72 Å². The molecule has 1 amide bonds. The van der Waals surface area contributed by atoms with Gasteiger partial charge in [-0.3, -0.25) is 4.79 Å². The first-order valence-corrected chi connectivity index (χ1v) is 14.2. The average molecular weight is 533 g/mol. The Bertz CT molecular complexity index is 1600. The molecule has 2 heterocycles. The monoisotopic (exact) mass is 532 g/mol. The van der Waals surface area contributed by atoms with Crippen molar-refractivity contribution in [1.29, 1.82) is 0 Å². The first-order chi connectivity index (χ1) is 18.2. The van der Waals surface area contributed by atoms with Crippen LogP contribution in [0.25, 0.3) is 21.5 Å². The Morgan fingerprint density at radius 1 is 1.05 bits per heavy atom. The normalized spacial score (nSPS) is 15.6. The zero-order valence-corrected chi connectivity index (χ0v) is 22.4. The van der Waals surface area contributed by atoms with Gasteiger partial charge in [-0.25, -0.2) is 13.4 Å². The zero-order chi connectivity index (χ0) is 26.9. The number of carbonyl (C=O) groups excluding carboxylic acids is 1. The molecule has 1 atom stereocenters. The third-order valence-corrected chi connectivity index (χ3v) is 8.79. The van der Waals surface area contributed by atoms with Crippen molar-refractivity contribution in [1.82, 2.24) is 14.6 Å². The largest absolute Gasteiger partial charge is 0.497 e. The molecule has 1 unspecified atom stereocenters. The van der Waals surface area contributed by atoms with Crippen LogP contribution in [0.4, 0.5) is 5.82 Å². The molecule has 3 N–H and O–H groups in total. The predicted molar refractivity (Wildman–Crippen MR) is 149 cm³/mol. The molecule has 9 heteroatoms. The van der Waals surface area contributed by atoms with Crippen LogP contribution in [0.2, 0.25) is 0 Å². The van der Waals surface area contributed by atoms with Gasteiger partial charge in [0.25, 0.3) is 0 Å². The summed E-state index contributed by atoms with van der Waals surface area (Å²) in [7, 11) is -2.43. The quantitative estimate of drug-likeness (QED) is 0.370. The van der Waals surface area contributed by atoms with Crippen LogP contribution in [0.1, 0.15) is 25.3 Å². The molecular formula is C29H32N4O4S. The molecule has 38 heavy (non-hydrogen) atoms. The maximum Gasteiger partial charge on any atom is 0.241 e. The van der Waals surface area contributed by atoms with Crippen LogP contribution in [0.15, 0.2) is 71.8 Å². The highest BCUT2D eigenvalue weighted by Gasteiger charge is 2.31. The van der Waals surface area contributed by atoms with Gasteiger partial charge in [-0.1, -0.05) is 37.3 Å². The van der Waals surface area contributed by atoms with Gasteiger partial charge >= 0.3 is 0 Å². The Balaban J connectivity index is 1.47. The number of nitrogens with one attached hydrogen (secondary N) is 1. The second kappa shape index (κ2) is 10.6. The van der Waals surface area contributed by atoms with Gasteiger partial charge in [-0.05, 0) is 77.2 Å². The number of pyridine rings is 1. The van der Waals surface area contributed by atoms with E-state index in [1.54, 1.807) is 42.5 Å². The standard InChI is InChI=1S/C29H32N4O4S/c1-19-10-13-33(14-11-19)29(34)27(16-20-3-8-26-22(15-20)9-12-31-28(26)30)32-38(35,36)25-7-5-21-4-6-24(37-2)17-23(21)18-25/h3-9,12,15,17-19,27,32H,10-11,13-14,16H2,1-2H3,(H2,30,31). The van der Waals surface area contributed by atoms with Crippen LogP contribution in [-0.2, 0) is 21.2 Å². The lowest BCUT2D eigenvalue weighted by Crippen LogP contribution is -2.51. The highest BCUT2D eigenvalue weighted by Crippen LogP contribution is 2.26. The van der Waals surface area contributed by atoms with Gasteiger partial charge in [0.15, 0.2) is 0 Å². The average Bonchev–Trinajstić information content (AvgIpc) is 2.92. The Kier molecular flexibility index (Phi) is 7.23. The van der Waals surface area contributed by atoms with Crippen molar-refractivity contribution in [3.63, 3.8) is 0 Å². The van der Waals surface area contributed by atoms with Crippen molar-refractivity contribution in [2.75, 3.05) is 25.9 Å². The SMILES string of the molecule is COc1ccc2ccc(S(=O)(=O)NC(Cc3ccc4c(N)nccc4c3)C(=O)N3CCC(C)CC3)cc2c1. The lowest BCUT2D eigenvalue weighted by Gasteiger charge is -2.33. The number of piperidine rings is 1. The molecule has 1 fully saturated rings. The molecule has 198 valence electrons. The fourth-order valence-corrected chi connectivity index (χ4v) is 6.22. The molecule has 8 nitrogen and oxygen atoms in total. The smallest absolute Gasteiger partial charge is 0.241 e. The van der Waals surface area contributed by atoms with E-state index in [1.165, 1.54) is 0 Å². The highest BCUT2D eigenvalue weighted by molar-refractivity contribution is 7.89. The molecule has 0 aliphatic carbocycles. The summed E-state index contributed by atoms with van der Waals surface area (Å²) in [5, 5.41) is 3.33. The lowest BCUT2D eigenvalue weighted by atomic mass is 9.97. The van der Waals surface area contributed by atoms with E-state index in [1.807, 2.05) is 36.4 Å². The molecule has 1 aliphatic rings. The number of carbonyl (C=O) groups is 1. The second-order valence-corrected chi connectivity index (χ2v) is 11.7. The number of rotatable bonds is 7. The molecule has 1 aromatic heterocycles. The van der Waals surface area contributed by atoms with Crippen LogP contribution in [0.3, 0.4) is 0 Å². The van der Waals surface area contributed by atoms with E-state index in [2.05, 4.69) is 16.6 Å². The van der Waals surface area contributed by atoms with Crippen LogP contribution in [0, 0.1) is 5.92 Å². The Hall–Kier alpha value is -3.69. The molecule has 0 spiro atoms. The maximum atomic E-state index is 13.7. The number of ether oxygens (including phenoxy) is 1. The molecule has 0 saturated carbocycles. The number of aromatic nitrogens is 1. The van der Waals surface area contributed by atoms with Crippen LogP contribution in [0.5, 0.6) is 5.75 Å². The van der Waals surface area contributed by atoms with E-state index in [4.69, 9.17) is 10.5 Å². The molecule has 5 rings (SSSR count). The van der Waals surface area contributed by atoms with Gasteiger partial charge in [-0.15, -0.1) is 0 Å². The van der Waals surface area contributed by atoms with Crippen LogP contribution >= 0.6 is 0 Å². The fraction of sp³-hybridized carbons (Fsp3) is 0.310. The van der Waals surface area contributed by atoms with Crippen molar-refractivity contribution >= 4 is 43.3 Å². The van der Waals surface area contributed by atoms with Crippen molar-refractivity contribution in [3.8, 4) is 5.75 Å². The van der Waals surface area contributed by atoms with E-state index in [9.17, 15) is 13.2 Å². The minimum Gasteiger partial charge on any atom is -0.497 e. The van der Waals surface area contributed by atoms with Crippen molar-refractivity contribution in [3.05, 3.63) is 72.4 Å². The molecular weight excluding hydrogens is 500 g/mol. The Morgan fingerprint density at radius 3 is 2.58 bits per heavy atom. The van der Waals surface area contributed by atoms with Gasteiger partial charge in [0.1, 0.15) is 17.6 Å². The summed E-state index contributed by atoms with van der Waals surface area (Å²) in [6.45, 7) is 3.41. The molecule has 3 aromatic carbocycles. The van der Waals surface area contributed by atoms with Crippen LogP contribution in [-0.4, -0.2) is 50.5 Å². The van der Waals surface area contributed by atoms with E-state index < -0.39 is 16.1 Å². The molecule has 0 radical (unpaired) electrons. The number of likely N-dealkylation sites (tertiary alicyclic amines) is 1. The molecule has 1 saturated heterocycles. The highest BCUT2D eigenvalue weighted by atomic mass is 32.2. The topological polar surface area (TPSA) is 115 Å². The molecule has 0 bridgehead atoms. The number of benzene rings is 3. The van der Waals surface area contributed by atoms with E-state index >= 15 is 0 Å². The van der Waals surface area contributed by atoms with E-state index in [0.717, 1.165) is 39.9 Å². The van der Waals surface area contributed by atoms with Gasteiger partial charge in [0, 0.05) is 24.7 Å². The summed E-state index contributed by atoms with van der Waals surface area (Å²) in [5.74, 6) is 1.40. The summed E-state index contributed by atoms with van der Waals surface area (Å²) in [4.78, 5) is 19.7. The number of hydrogen-bond acceptors (Lipinski definition) is 6. The van der Waals surface area contributed by atoms with Crippen molar-refractivity contribution in [2.24, 2.45) is 5.92 Å². The number of sulfonamides is 1. The number of nitrogens with zero attached hydrogens (tertiary/aromatic N) is 2. The first kappa shape index (κ1) is 25.9. The lowest BCUT2D eigenvalue weighted by molar-refractivity contribution is -0.134. The van der Waals surface area contributed by atoms with Gasteiger partial charge < -0.3 is 15.4 Å². The molecule has 1 aliphatic heterocycles. The van der Waals surface area contributed by atoms with E-state index in [0.29, 0.717) is 30.6 Å². The summed E-state index contributed by atoms with van der Waals surface area (Å²) in [6, 6.07) is 17.0. The minimum atomic E-state index is -4.00. The summed E-state index contributed by atoms with van der Waals surface area (Å²) >= 11 is 0. The fourth-order valence-electron chi connectivity index (χ4n) is 4.99. The number of nitrogens with two attached hydrogens (primary N) is 1. The third kappa shape index (κ3) is 5.44. The first-order valence-electron chi connectivity index (χ1n) is 12.8. The predicted octanol–water partition coefficient (Wildman–Crippen LogP) is 4.13. The van der Waals surface area contributed by atoms with Gasteiger partial charge in [0.2, 0.25) is 15.9 Å².